The second-order valence-electron chi connectivity index (χ2n) is 3.61. The third-order valence-electron chi connectivity index (χ3n) is 2.33. The molecule has 0 spiro atoms. The molecule has 94 valence electrons. The quantitative estimate of drug-likeness (QED) is 0.628. The van der Waals surface area contributed by atoms with E-state index < -0.39 is 4.92 Å². The molecule has 0 fully saturated rings. The smallest absolute Gasteiger partial charge is 0.312 e. The lowest BCUT2D eigenvalue weighted by Crippen LogP contribution is -1.94. The van der Waals surface area contributed by atoms with Crippen molar-refractivity contribution in [1.82, 2.24) is 0 Å². The molecule has 2 aromatic carbocycles. The first-order chi connectivity index (χ1) is 9.10. The summed E-state index contributed by atoms with van der Waals surface area (Å²) in [7, 11) is 0. The Morgan fingerprint density at radius 1 is 1.21 bits per heavy atom. The second-order valence-corrected chi connectivity index (χ2v) is 4.04. The molecule has 19 heavy (non-hydrogen) atoms. The fourth-order valence-electron chi connectivity index (χ4n) is 1.45. The maximum atomic E-state index is 10.9. The highest BCUT2D eigenvalue weighted by atomic mass is 35.5. The molecule has 2 aromatic rings. The van der Waals surface area contributed by atoms with Gasteiger partial charge < -0.3 is 4.74 Å². The molecule has 0 heterocycles. The van der Waals surface area contributed by atoms with Crippen molar-refractivity contribution in [2.24, 2.45) is 0 Å². The number of nitrogens with zero attached hydrogens (tertiary/aromatic N) is 2. The Balaban J connectivity index is 2.37. The van der Waals surface area contributed by atoms with Gasteiger partial charge in [-0.05, 0) is 36.4 Å². The van der Waals surface area contributed by atoms with Gasteiger partial charge in [0.1, 0.15) is 5.75 Å². The van der Waals surface area contributed by atoms with Gasteiger partial charge in [0.05, 0.1) is 16.6 Å². The maximum Gasteiger partial charge on any atom is 0.312 e. The SMILES string of the molecule is N#Cc1ccc(Oc2ccc(Cl)cc2)c([N+](=O)[O-])c1. The third kappa shape index (κ3) is 3.00. The maximum absolute atomic E-state index is 10.9. The van der Waals surface area contributed by atoms with Crippen molar-refractivity contribution in [3.8, 4) is 17.6 Å². The van der Waals surface area contributed by atoms with E-state index in [0.717, 1.165) is 0 Å². The van der Waals surface area contributed by atoms with E-state index in [1.807, 2.05) is 6.07 Å². The van der Waals surface area contributed by atoms with Crippen LogP contribution in [0.3, 0.4) is 0 Å². The van der Waals surface area contributed by atoms with E-state index in [4.69, 9.17) is 21.6 Å². The number of nitro groups is 1. The van der Waals surface area contributed by atoms with Crippen LogP contribution in [0.15, 0.2) is 42.5 Å². The molecule has 0 atom stereocenters. The molecule has 6 heteroatoms. The number of nitro benzene ring substituents is 1. The van der Waals surface area contributed by atoms with Gasteiger partial charge >= 0.3 is 5.69 Å². The van der Waals surface area contributed by atoms with Crippen LogP contribution in [-0.2, 0) is 0 Å². The Morgan fingerprint density at radius 2 is 1.89 bits per heavy atom. The largest absolute Gasteiger partial charge is 0.450 e. The number of nitriles is 1. The molecule has 0 aliphatic heterocycles. The van der Waals surface area contributed by atoms with Crippen molar-refractivity contribution in [3.63, 3.8) is 0 Å². The Bertz CT molecular complexity index is 663. The first-order valence-corrected chi connectivity index (χ1v) is 5.60. The molecular weight excluding hydrogens is 268 g/mol. The summed E-state index contributed by atoms with van der Waals surface area (Å²) in [5.41, 5.74) is -0.0517. The van der Waals surface area contributed by atoms with Gasteiger partial charge in [0.15, 0.2) is 0 Å². The van der Waals surface area contributed by atoms with E-state index in [1.165, 1.54) is 18.2 Å². The number of hydrogen-bond acceptors (Lipinski definition) is 4. The minimum absolute atomic E-state index is 0.0753. The number of rotatable bonds is 3. The Morgan fingerprint density at radius 3 is 2.47 bits per heavy atom. The summed E-state index contributed by atoms with van der Waals surface area (Å²) >= 11 is 5.74. The van der Waals surface area contributed by atoms with Crippen molar-refractivity contribution < 1.29 is 9.66 Å². The molecule has 2 rings (SSSR count). The van der Waals surface area contributed by atoms with Gasteiger partial charge in [-0.3, -0.25) is 10.1 Å². The topological polar surface area (TPSA) is 76.2 Å². The molecule has 0 aliphatic carbocycles. The van der Waals surface area contributed by atoms with Crippen LogP contribution in [0.4, 0.5) is 5.69 Å². The van der Waals surface area contributed by atoms with Crippen LogP contribution in [-0.4, -0.2) is 4.92 Å². The van der Waals surface area contributed by atoms with Crippen LogP contribution in [0, 0.1) is 21.4 Å². The predicted molar refractivity (Wildman–Crippen MR) is 69.3 cm³/mol. The molecule has 0 N–H and O–H groups in total. The summed E-state index contributed by atoms with van der Waals surface area (Å²) < 4.78 is 5.42. The number of halogens is 1. The average molecular weight is 275 g/mol. The van der Waals surface area contributed by atoms with Gasteiger partial charge in [0.25, 0.3) is 0 Å². The Kier molecular flexibility index (Phi) is 3.64. The van der Waals surface area contributed by atoms with Crippen LogP contribution in [0.5, 0.6) is 11.5 Å². The first-order valence-electron chi connectivity index (χ1n) is 5.22. The van der Waals surface area contributed by atoms with Crippen molar-refractivity contribution in [1.29, 1.82) is 5.26 Å². The second kappa shape index (κ2) is 5.38. The normalized spacial score (nSPS) is 9.68. The van der Waals surface area contributed by atoms with Crippen molar-refractivity contribution in [2.45, 2.75) is 0 Å². The fraction of sp³-hybridized carbons (Fsp3) is 0. The van der Waals surface area contributed by atoms with Crippen molar-refractivity contribution in [2.75, 3.05) is 0 Å². The molecule has 0 radical (unpaired) electrons. The van der Waals surface area contributed by atoms with Crippen LogP contribution in [0.25, 0.3) is 0 Å². The highest BCUT2D eigenvalue weighted by Gasteiger charge is 2.16. The van der Waals surface area contributed by atoms with E-state index in [-0.39, 0.29) is 17.0 Å². The van der Waals surface area contributed by atoms with Gasteiger partial charge in [-0.25, -0.2) is 0 Å². The minimum Gasteiger partial charge on any atom is -0.450 e. The molecule has 0 aromatic heterocycles. The van der Waals surface area contributed by atoms with Crippen molar-refractivity contribution in [3.05, 3.63) is 63.2 Å². The standard InChI is InChI=1S/C13H7ClN2O3/c14-10-2-4-11(5-3-10)19-13-6-1-9(8-15)7-12(13)16(17)18/h1-7H. The van der Waals surface area contributed by atoms with Gasteiger partial charge in [-0.1, -0.05) is 11.6 Å². The van der Waals surface area contributed by atoms with Crippen LogP contribution >= 0.6 is 11.6 Å². The van der Waals surface area contributed by atoms with E-state index in [1.54, 1.807) is 24.3 Å². The fourth-order valence-corrected chi connectivity index (χ4v) is 1.57. The minimum atomic E-state index is -0.591. The Labute approximate surface area is 113 Å². The third-order valence-corrected chi connectivity index (χ3v) is 2.58. The zero-order valence-electron chi connectivity index (χ0n) is 9.54. The molecule has 0 saturated carbocycles. The number of ether oxygens (including phenoxy) is 1. The molecule has 5 nitrogen and oxygen atoms in total. The predicted octanol–water partition coefficient (Wildman–Crippen LogP) is 3.91. The van der Waals surface area contributed by atoms with Crippen molar-refractivity contribution >= 4 is 17.3 Å². The zero-order valence-corrected chi connectivity index (χ0v) is 10.3. The van der Waals surface area contributed by atoms with Gasteiger partial charge in [0, 0.05) is 11.1 Å². The van der Waals surface area contributed by atoms with Gasteiger partial charge in [-0.2, -0.15) is 5.26 Å². The van der Waals surface area contributed by atoms with Crippen LogP contribution in [0.2, 0.25) is 5.02 Å². The van der Waals surface area contributed by atoms with Gasteiger partial charge in [-0.15, -0.1) is 0 Å². The summed E-state index contributed by atoms with van der Waals surface area (Å²) in [6, 6.07) is 12.3. The first kappa shape index (κ1) is 12.9. The monoisotopic (exact) mass is 274 g/mol. The molecule has 0 aliphatic rings. The lowest BCUT2D eigenvalue weighted by molar-refractivity contribution is -0.385. The molecule has 0 bridgehead atoms. The summed E-state index contributed by atoms with van der Waals surface area (Å²) in [5.74, 6) is 0.503. The molecule has 0 amide bonds. The highest BCUT2D eigenvalue weighted by molar-refractivity contribution is 6.30. The van der Waals surface area contributed by atoms with Crippen LogP contribution in [0.1, 0.15) is 5.56 Å². The van der Waals surface area contributed by atoms with E-state index in [9.17, 15) is 10.1 Å². The van der Waals surface area contributed by atoms with E-state index >= 15 is 0 Å². The van der Waals surface area contributed by atoms with Gasteiger partial charge in [0.2, 0.25) is 5.75 Å². The zero-order chi connectivity index (χ0) is 13.8. The highest BCUT2D eigenvalue weighted by Crippen LogP contribution is 2.32. The lowest BCUT2D eigenvalue weighted by Gasteiger charge is -2.06. The molecule has 0 unspecified atom stereocenters. The van der Waals surface area contributed by atoms with E-state index in [2.05, 4.69) is 0 Å². The summed E-state index contributed by atoms with van der Waals surface area (Å²) in [5, 5.41) is 20.2. The van der Waals surface area contributed by atoms with E-state index in [0.29, 0.717) is 10.8 Å². The number of hydrogen-bond donors (Lipinski definition) is 0. The summed E-state index contributed by atoms with van der Waals surface area (Å²) in [6.07, 6.45) is 0. The molecule has 0 saturated heterocycles. The Hall–Kier alpha value is -2.58. The lowest BCUT2D eigenvalue weighted by atomic mass is 10.2. The molecular formula is C13H7ClN2O3. The summed E-state index contributed by atoms with van der Waals surface area (Å²) in [4.78, 5) is 10.3. The van der Waals surface area contributed by atoms with Crippen LogP contribution < -0.4 is 4.74 Å². The summed E-state index contributed by atoms with van der Waals surface area (Å²) in [6.45, 7) is 0. The number of benzene rings is 2. The average Bonchev–Trinajstić information content (AvgIpc) is 2.41.